The maximum absolute atomic E-state index is 14.4. The van der Waals surface area contributed by atoms with Crippen LogP contribution in [0.15, 0.2) is 35.2 Å². The summed E-state index contributed by atoms with van der Waals surface area (Å²) in [4.78, 5) is 12.0. The molecule has 1 saturated carbocycles. The number of esters is 1. The number of anilines is 1. The lowest BCUT2D eigenvalue weighted by Crippen LogP contribution is -2.28. The third-order valence-corrected chi connectivity index (χ3v) is 7.35. The summed E-state index contributed by atoms with van der Waals surface area (Å²) < 4.78 is 48.7. The zero-order valence-electron chi connectivity index (χ0n) is 17.7. The van der Waals surface area contributed by atoms with E-state index in [0.717, 1.165) is 38.6 Å². The Morgan fingerprint density at radius 1 is 1.19 bits per heavy atom. The Hall–Kier alpha value is -2.96. The van der Waals surface area contributed by atoms with Crippen LogP contribution in [0.3, 0.4) is 0 Å². The summed E-state index contributed by atoms with van der Waals surface area (Å²) in [6, 6.07) is 8.52. The zero-order valence-corrected chi connectivity index (χ0v) is 18.5. The van der Waals surface area contributed by atoms with Crippen LogP contribution in [0, 0.1) is 17.1 Å². The summed E-state index contributed by atoms with van der Waals surface area (Å²) in [6.07, 6.45) is 4.38. The highest BCUT2D eigenvalue weighted by molar-refractivity contribution is 7.92. The molecule has 1 aliphatic heterocycles. The summed E-state index contributed by atoms with van der Waals surface area (Å²) in [7, 11) is -2.90. The number of hydrogen-bond acceptors (Lipinski definition) is 6. The van der Waals surface area contributed by atoms with Gasteiger partial charge in [0.25, 0.3) is 10.0 Å². The molecule has 7 nitrogen and oxygen atoms in total. The van der Waals surface area contributed by atoms with Gasteiger partial charge >= 0.3 is 5.97 Å². The summed E-state index contributed by atoms with van der Waals surface area (Å²) in [5.41, 5.74) is 1.14. The van der Waals surface area contributed by atoms with Gasteiger partial charge in [-0.15, -0.1) is 0 Å². The molecule has 1 saturated heterocycles. The number of methoxy groups -OCH3 is 1. The average molecular weight is 458 g/mol. The summed E-state index contributed by atoms with van der Waals surface area (Å²) in [5, 5.41) is 12.6. The molecule has 1 unspecified atom stereocenters. The van der Waals surface area contributed by atoms with E-state index < -0.39 is 21.8 Å². The molecule has 2 aromatic carbocycles. The topological polar surface area (TPSA) is 108 Å². The Bertz CT molecular complexity index is 1200. The predicted molar refractivity (Wildman–Crippen MR) is 116 cm³/mol. The van der Waals surface area contributed by atoms with Gasteiger partial charge in [0.05, 0.1) is 28.8 Å². The molecular formula is C23H24FN3O4S. The van der Waals surface area contributed by atoms with Gasteiger partial charge in [-0.1, -0.05) is 12.5 Å². The minimum atomic E-state index is -4.13. The first-order chi connectivity index (χ1) is 15.3. The van der Waals surface area contributed by atoms with Crippen molar-refractivity contribution in [3.05, 3.63) is 58.4 Å². The van der Waals surface area contributed by atoms with Crippen LogP contribution in [-0.4, -0.2) is 28.0 Å². The molecule has 1 atom stereocenters. The van der Waals surface area contributed by atoms with Gasteiger partial charge in [0.15, 0.2) is 0 Å². The molecule has 2 fully saturated rings. The molecule has 0 spiro atoms. The molecule has 2 aromatic rings. The molecule has 0 bridgehead atoms. The Morgan fingerprint density at radius 3 is 2.59 bits per heavy atom. The second-order valence-electron chi connectivity index (χ2n) is 8.16. The van der Waals surface area contributed by atoms with Crippen LogP contribution in [0.4, 0.5) is 10.1 Å². The fraction of sp³-hybridized carbons (Fsp3) is 0.391. The highest BCUT2D eigenvalue weighted by Gasteiger charge is 2.32. The van der Waals surface area contributed by atoms with Gasteiger partial charge in [-0.05, 0) is 73.5 Å². The lowest BCUT2D eigenvalue weighted by atomic mass is 9.95. The van der Waals surface area contributed by atoms with Crippen LogP contribution in [-0.2, 0) is 14.8 Å². The number of halogens is 1. The van der Waals surface area contributed by atoms with Crippen molar-refractivity contribution in [2.45, 2.75) is 49.0 Å². The zero-order chi connectivity index (χ0) is 22.9. The number of hydrogen-bond donors (Lipinski definition) is 2. The Morgan fingerprint density at radius 2 is 1.97 bits per heavy atom. The highest BCUT2D eigenvalue weighted by atomic mass is 32.2. The lowest BCUT2D eigenvalue weighted by Gasteiger charge is -2.26. The van der Waals surface area contributed by atoms with E-state index in [4.69, 9.17) is 4.74 Å². The maximum Gasteiger partial charge on any atom is 0.337 e. The molecular weight excluding hydrogens is 433 g/mol. The van der Waals surface area contributed by atoms with Crippen LogP contribution < -0.4 is 10.0 Å². The van der Waals surface area contributed by atoms with Gasteiger partial charge in [-0.3, -0.25) is 4.72 Å². The van der Waals surface area contributed by atoms with Crippen molar-refractivity contribution in [1.82, 2.24) is 5.32 Å². The van der Waals surface area contributed by atoms with Crippen LogP contribution in [0.1, 0.15) is 71.1 Å². The molecule has 9 heteroatoms. The quantitative estimate of drug-likeness (QED) is 0.636. The van der Waals surface area contributed by atoms with Gasteiger partial charge in [0.1, 0.15) is 11.9 Å². The fourth-order valence-corrected chi connectivity index (χ4v) is 5.51. The number of benzene rings is 2. The van der Waals surface area contributed by atoms with Gasteiger partial charge in [-0.2, -0.15) is 5.26 Å². The first-order valence-corrected chi connectivity index (χ1v) is 12.0. The standard InChI is InChI=1S/C23H24FN3O4S/c1-31-23(28)15-7-8-17(14-5-6-14)22(11-15)32(29,30)27-21-10-16(13-25)19(24)12-18(21)20-4-2-3-9-26-20/h7-8,10-12,14,20,26-27H,2-6,9H2,1H3. The van der Waals surface area contributed by atoms with E-state index >= 15 is 0 Å². The van der Waals surface area contributed by atoms with Crippen molar-refractivity contribution in [3.63, 3.8) is 0 Å². The van der Waals surface area contributed by atoms with Crippen molar-refractivity contribution in [2.75, 3.05) is 18.4 Å². The Balaban J connectivity index is 1.78. The predicted octanol–water partition coefficient (Wildman–Crippen LogP) is 3.98. The first kappa shape index (κ1) is 22.2. The SMILES string of the molecule is COC(=O)c1ccc(C2CC2)c(S(=O)(=O)Nc2cc(C#N)c(F)cc2C2CCCCN2)c1. The van der Waals surface area contributed by atoms with Gasteiger partial charge in [0.2, 0.25) is 0 Å². The number of ether oxygens (including phenoxy) is 1. The van der Waals surface area contributed by atoms with Gasteiger partial charge in [-0.25, -0.2) is 17.6 Å². The Kier molecular flexibility index (Phi) is 6.17. The van der Waals surface area contributed by atoms with Crippen LogP contribution in [0.2, 0.25) is 0 Å². The number of carbonyl (C=O) groups excluding carboxylic acids is 1. The third kappa shape index (κ3) is 4.47. The van der Waals surface area contributed by atoms with E-state index in [1.54, 1.807) is 18.2 Å². The van der Waals surface area contributed by atoms with E-state index in [0.29, 0.717) is 11.1 Å². The molecule has 2 N–H and O–H groups in total. The van der Waals surface area contributed by atoms with Crippen molar-refractivity contribution in [3.8, 4) is 6.07 Å². The molecule has 168 valence electrons. The van der Waals surface area contributed by atoms with E-state index in [-0.39, 0.29) is 33.7 Å². The van der Waals surface area contributed by atoms with Gasteiger partial charge < -0.3 is 10.1 Å². The monoisotopic (exact) mass is 457 g/mol. The summed E-state index contributed by atoms with van der Waals surface area (Å²) in [6.45, 7) is 0.742. The number of rotatable bonds is 6. The largest absolute Gasteiger partial charge is 0.465 e. The molecule has 1 aliphatic carbocycles. The minimum Gasteiger partial charge on any atom is -0.465 e. The molecule has 4 rings (SSSR count). The van der Waals surface area contributed by atoms with Crippen LogP contribution in [0.5, 0.6) is 0 Å². The second kappa shape index (κ2) is 8.88. The summed E-state index contributed by atoms with van der Waals surface area (Å²) >= 11 is 0. The number of nitrogens with one attached hydrogen (secondary N) is 2. The maximum atomic E-state index is 14.4. The van der Waals surface area contributed by atoms with Crippen LogP contribution >= 0.6 is 0 Å². The minimum absolute atomic E-state index is 0.00622. The van der Waals surface area contributed by atoms with Crippen molar-refractivity contribution >= 4 is 21.7 Å². The van der Waals surface area contributed by atoms with Gasteiger partial charge in [0, 0.05) is 6.04 Å². The first-order valence-electron chi connectivity index (χ1n) is 10.6. The number of piperidine rings is 1. The lowest BCUT2D eigenvalue weighted by molar-refractivity contribution is 0.0600. The molecule has 0 aromatic heterocycles. The second-order valence-corrected chi connectivity index (χ2v) is 9.81. The number of nitrogens with zero attached hydrogens (tertiary/aromatic N) is 1. The normalized spacial score (nSPS) is 18.6. The molecule has 0 radical (unpaired) electrons. The fourth-order valence-electron chi connectivity index (χ4n) is 4.11. The highest BCUT2D eigenvalue weighted by Crippen LogP contribution is 2.43. The van der Waals surface area contributed by atoms with Crippen molar-refractivity contribution < 1.29 is 22.3 Å². The molecule has 2 aliphatic rings. The van der Waals surface area contributed by atoms with E-state index in [1.165, 1.54) is 25.3 Å². The smallest absolute Gasteiger partial charge is 0.337 e. The van der Waals surface area contributed by atoms with Crippen LogP contribution in [0.25, 0.3) is 0 Å². The Labute approximate surface area is 186 Å². The number of sulfonamides is 1. The van der Waals surface area contributed by atoms with E-state index in [9.17, 15) is 22.9 Å². The summed E-state index contributed by atoms with van der Waals surface area (Å²) in [5.74, 6) is -1.22. The molecule has 1 heterocycles. The van der Waals surface area contributed by atoms with Crippen molar-refractivity contribution in [2.24, 2.45) is 0 Å². The van der Waals surface area contributed by atoms with E-state index in [1.807, 2.05) is 0 Å². The molecule has 0 amide bonds. The van der Waals surface area contributed by atoms with Crippen molar-refractivity contribution in [1.29, 1.82) is 5.26 Å². The number of nitriles is 1. The number of carbonyl (C=O) groups is 1. The third-order valence-electron chi connectivity index (χ3n) is 5.93. The van der Waals surface area contributed by atoms with E-state index in [2.05, 4.69) is 10.0 Å². The average Bonchev–Trinajstić information content (AvgIpc) is 3.65. The molecule has 32 heavy (non-hydrogen) atoms.